The summed E-state index contributed by atoms with van der Waals surface area (Å²) in [6, 6.07) is 12.3. The van der Waals surface area contributed by atoms with Crippen LogP contribution in [0.25, 0.3) is 10.9 Å². The van der Waals surface area contributed by atoms with E-state index in [4.69, 9.17) is 16.3 Å². The molecule has 30 heavy (non-hydrogen) atoms. The Morgan fingerprint density at radius 2 is 1.90 bits per heavy atom. The van der Waals surface area contributed by atoms with Crippen molar-refractivity contribution in [1.82, 2.24) is 9.47 Å². The average molecular weight is 494 g/mol. The molecule has 1 aromatic heterocycles. The van der Waals surface area contributed by atoms with Crippen molar-refractivity contribution in [3.05, 3.63) is 52.0 Å². The largest absolute Gasteiger partial charge is 0.493 e. The van der Waals surface area contributed by atoms with E-state index < -0.39 is 5.91 Å². The number of amides is 1. The Kier molecular flexibility index (Phi) is 7.47. The van der Waals surface area contributed by atoms with E-state index in [1.54, 1.807) is 28.8 Å². The first-order chi connectivity index (χ1) is 14.4. The number of aromatic hydroxyl groups is 1. The zero-order chi connectivity index (χ0) is 21.7. The fourth-order valence-electron chi connectivity index (χ4n) is 2.97. The Morgan fingerprint density at radius 3 is 2.57 bits per heavy atom. The number of nitrogens with zero attached hydrogens (tertiary/aromatic N) is 4. The van der Waals surface area contributed by atoms with Gasteiger partial charge in [-0.15, -0.1) is 10.2 Å². The molecule has 0 spiro atoms. The molecule has 2 aromatic carbocycles. The Balaban J connectivity index is 1.83. The van der Waals surface area contributed by atoms with Crippen LogP contribution in [0.15, 0.2) is 57.2 Å². The second kappa shape index (κ2) is 10.1. The van der Waals surface area contributed by atoms with E-state index in [9.17, 15) is 9.90 Å². The van der Waals surface area contributed by atoms with E-state index in [2.05, 4.69) is 44.9 Å². The van der Waals surface area contributed by atoms with Crippen LogP contribution in [0.1, 0.15) is 13.8 Å². The summed E-state index contributed by atoms with van der Waals surface area (Å²) in [5.41, 5.74) is 1.06. The van der Waals surface area contributed by atoms with Crippen molar-refractivity contribution in [2.75, 3.05) is 19.7 Å². The van der Waals surface area contributed by atoms with Gasteiger partial charge < -0.3 is 9.84 Å². The summed E-state index contributed by atoms with van der Waals surface area (Å²) < 4.78 is 7.99. The van der Waals surface area contributed by atoms with Crippen LogP contribution < -0.4 is 4.74 Å². The topological polar surface area (TPSA) is 79.4 Å². The molecule has 9 heteroatoms. The molecule has 0 aliphatic heterocycles. The van der Waals surface area contributed by atoms with E-state index in [1.807, 2.05) is 18.2 Å². The number of hydrogen-bond acceptors (Lipinski definition) is 5. The average Bonchev–Trinajstić information content (AvgIpc) is 2.99. The fraction of sp³-hybridized carbons (Fsp3) is 0.286. The van der Waals surface area contributed by atoms with Gasteiger partial charge in [0.15, 0.2) is 12.3 Å². The third kappa shape index (κ3) is 5.19. The first kappa shape index (κ1) is 22.3. The first-order valence-electron chi connectivity index (χ1n) is 9.49. The Bertz CT molecular complexity index is 1060. The summed E-state index contributed by atoms with van der Waals surface area (Å²) in [6.45, 7) is 6.02. The van der Waals surface area contributed by atoms with Crippen molar-refractivity contribution >= 4 is 50.0 Å². The van der Waals surface area contributed by atoms with Gasteiger partial charge in [-0.2, -0.15) is 0 Å². The van der Waals surface area contributed by atoms with Gasteiger partial charge in [-0.05, 0) is 55.6 Å². The normalized spacial score (nSPS) is 11.6. The maximum absolute atomic E-state index is 12.1. The minimum Gasteiger partial charge on any atom is -0.493 e. The third-order valence-corrected chi connectivity index (χ3v) is 5.39. The molecule has 0 aliphatic rings. The van der Waals surface area contributed by atoms with Crippen molar-refractivity contribution in [2.45, 2.75) is 20.5 Å². The molecule has 158 valence electrons. The van der Waals surface area contributed by atoms with Crippen LogP contribution in [0.3, 0.4) is 0 Å². The molecular weight excluding hydrogens is 472 g/mol. The number of halogens is 2. The number of benzene rings is 2. The smallest absolute Gasteiger partial charge is 0.302 e. The minimum atomic E-state index is -0.566. The van der Waals surface area contributed by atoms with Crippen LogP contribution in [0.2, 0.25) is 5.02 Å². The van der Waals surface area contributed by atoms with Gasteiger partial charge in [0, 0.05) is 14.9 Å². The number of aromatic nitrogens is 1. The second-order valence-electron chi connectivity index (χ2n) is 6.54. The van der Waals surface area contributed by atoms with E-state index in [1.165, 1.54) is 0 Å². The number of hydrogen-bond donors (Lipinski definition) is 1. The van der Waals surface area contributed by atoms with Crippen molar-refractivity contribution in [3.8, 4) is 11.6 Å². The van der Waals surface area contributed by atoms with Crippen LogP contribution in [0.5, 0.6) is 11.6 Å². The minimum absolute atomic E-state index is 0.0369. The van der Waals surface area contributed by atoms with Crippen LogP contribution >= 0.6 is 27.5 Å². The Hall–Kier alpha value is -2.42. The number of fused-ring (bicyclic) bond motifs is 1. The quantitative estimate of drug-likeness (QED) is 0.405. The standard InChI is InChI=1S/C21H22BrClN4O3/c1-3-26(4-2)13-27-18-10-5-14(22)11-17(18)20(21(27)29)25-24-19(28)12-30-16-8-6-15(23)7-9-16/h5-11,29H,3-4,12-13H2,1-2H3. The van der Waals surface area contributed by atoms with Crippen LogP contribution in [-0.2, 0) is 11.5 Å². The fourth-order valence-corrected chi connectivity index (χ4v) is 3.46. The highest BCUT2D eigenvalue weighted by molar-refractivity contribution is 9.10. The third-order valence-electron chi connectivity index (χ3n) is 4.65. The summed E-state index contributed by atoms with van der Waals surface area (Å²) in [7, 11) is 0. The van der Waals surface area contributed by atoms with Crippen molar-refractivity contribution < 1.29 is 14.6 Å². The van der Waals surface area contributed by atoms with Gasteiger partial charge in [-0.1, -0.05) is 41.4 Å². The molecule has 3 rings (SSSR count). The van der Waals surface area contributed by atoms with Gasteiger partial charge in [0.25, 0.3) is 0 Å². The summed E-state index contributed by atoms with van der Waals surface area (Å²) in [6.07, 6.45) is 0. The first-order valence-corrected chi connectivity index (χ1v) is 10.7. The van der Waals surface area contributed by atoms with E-state index in [0.29, 0.717) is 22.8 Å². The van der Waals surface area contributed by atoms with E-state index in [-0.39, 0.29) is 18.2 Å². The zero-order valence-electron chi connectivity index (χ0n) is 16.7. The lowest BCUT2D eigenvalue weighted by Crippen LogP contribution is -2.25. The van der Waals surface area contributed by atoms with Gasteiger partial charge in [0.05, 0.1) is 12.2 Å². The van der Waals surface area contributed by atoms with E-state index in [0.717, 1.165) is 23.1 Å². The monoisotopic (exact) mass is 492 g/mol. The molecule has 0 saturated heterocycles. The molecule has 1 heterocycles. The lowest BCUT2D eigenvalue weighted by Gasteiger charge is -2.20. The number of carbonyl (C=O) groups is 1. The molecular formula is C21H22BrClN4O3. The Morgan fingerprint density at radius 1 is 1.20 bits per heavy atom. The highest BCUT2D eigenvalue weighted by Gasteiger charge is 2.18. The molecule has 0 radical (unpaired) electrons. The molecule has 0 bridgehead atoms. The van der Waals surface area contributed by atoms with Gasteiger partial charge >= 0.3 is 5.91 Å². The highest BCUT2D eigenvalue weighted by atomic mass is 79.9. The van der Waals surface area contributed by atoms with Gasteiger partial charge in [0.2, 0.25) is 5.88 Å². The summed E-state index contributed by atoms with van der Waals surface area (Å²) in [5.74, 6) is -0.0975. The van der Waals surface area contributed by atoms with Gasteiger partial charge in [-0.3, -0.25) is 14.3 Å². The summed E-state index contributed by atoms with van der Waals surface area (Å²) in [4.78, 5) is 14.3. The Labute approximate surface area is 188 Å². The number of ether oxygens (including phenoxy) is 1. The molecule has 1 N–H and O–H groups in total. The molecule has 0 saturated carbocycles. The van der Waals surface area contributed by atoms with Gasteiger partial charge in [0.1, 0.15) is 5.75 Å². The van der Waals surface area contributed by atoms with Crippen LogP contribution in [-0.4, -0.2) is 40.2 Å². The van der Waals surface area contributed by atoms with Crippen LogP contribution in [0.4, 0.5) is 5.69 Å². The van der Waals surface area contributed by atoms with Crippen LogP contribution in [0, 0.1) is 0 Å². The zero-order valence-corrected chi connectivity index (χ0v) is 19.0. The van der Waals surface area contributed by atoms with Gasteiger partial charge in [-0.25, -0.2) is 0 Å². The molecule has 0 unspecified atom stereocenters. The molecule has 0 fully saturated rings. The number of rotatable bonds is 8. The molecule has 3 aromatic rings. The van der Waals surface area contributed by atoms with Crippen molar-refractivity contribution in [3.63, 3.8) is 0 Å². The number of azo groups is 1. The SMILES string of the molecule is CCN(CC)Cn1c(O)c(N=NC(=O)COc2ccc(Cl)cc2)c2cc(Br)ccc21. The van der Waals surface area contributed by atoms with E-state index >= 15 is 0 Å². The molecule has 7 nitrogen and oxygen atoms in total. The predicted molar refractivity (Wildman–Crippen MR) is 121 cm³/mol. The second-order valence-corrected chi connectivity index (χ2v) is 7.89. The molecule has 0 aliphatic carbocycles. The van der Waals surface area contributed by atoms with Crippen molar-refractivity contribution in [2.24, 2.45) is 10.2 Å². The lowest BCUT2D eigenvalue weighted by atomic mass is 10.2. The van der Waals surface area contributed by atoms with Crippen molar-refractivity contribution in [1.29, 1.82) is 0 Å². The lowest BCUT2D eigenvalue weighted by molar-refractivity contribution is -0.120. The maximum Gasteiger partial charge on any atom is 0.302 e. The number of carbonyl (C=O) groups excluding carboxylic acids is 1. The summed E-state index contributed by atoms with van der Waals surface area (Å²) in [5, 5.41) is 19.9. The maximum atomic E-state index is 12.1. The molecule has 1 amide bonds. The summed E-state index contributed by atoms with van der Waals surface area (Å²) >= 11 is 9.27. The molecule has 0 atom stereocenters. The highest BCUT2D eigenvalue weighted by Crippen LogP contribution is 2.40. The predicted octanol–water partition coefficient (Wildman–Crippen LogP) is 5.75.